The molecule has 0 radical (unpaired) electrons. The molecule has 0 aromatic carbocycles. The molecule has 0 amide bonds. The fourth-order valence-electron chi connectivity index (χ4n) is 1.45. The minimum Gasteiger partial charge on any atom is -0.387 e. The zero-order valence-electron chi connectivity index (χ0n) is 7.62. The summed E-state index contributed by atoms with van der Waals surface area (Å²) in [5, 5.41) is 13.0. The van der Waals surface area contributed by atoms with Gasteiger partial charge < -0.3 is 14.6 Å². The summed E-state index contributed by atoms with van der Waals surface area (Å²) in [5.74, 6) is 0. The number of aliphatic hydroxyl groups is 1. The van der Waals surface area contributed by atoms with Crippen LogP contribution in [0.2, 0.25) is 0 Å². The third-order valence-electron chi connectivity index (χ3n) is 2.14. The van der Waals surface area contributed by atoms with Crippen molar-refractivity contribution in [3.05, 3.63) is 10.4 Å². The molecule has 1 N–H and O–H groups in total. The van der Waals surface area contributed by atoms with Gasteiger partial charge in [0.15, 0.2) is 6.29 Å². The molecule has 0 aromatic heterocycles. The minimum absolute atomic E-state index is 0.254. The summed E-state index contributed by atoms with van der Waals surface area (Å²) in [5.41, 5.74) is 8.27. The van der Waals surface area contributed by atoms with Gasteiger partial charge in [0.2, 0.25) is 0 Å². The maximum Gasteiger partial charge on any atom is 0.183 e. The third-order valence-corrected chi connectivity index (χ3v) is 2.14. The van der Waals surface area contributed by atoms with Gasteiger partial charge in [0.25, 0.3) is 0 Å². The van der Waals surface area contributed by atoms with E-state index in [1.54, 1.807) is 0 Å². The van der Waals surface area contributed by atoms with Gasteiger partial charge in [0, 0.05) is 12.0 Å². The molecule has 6 heteroatoms. The molecule has 1 rings (SSSR count). The SMILES string of the molecule is CC[C@H]1O[C@@H](OC)[C@H](O)[C@@H]1N=[N+]=[N-]. The highest BCUT2D eigenvalue weighted by molar-refractivity contribution is 4.91. The lowest BCUT2D eigenvalue weighted by Gasteiger charge is -2.11. The third kappa shape index (κ3) is 1.92. The van der Waals surface area contributed by atoms with Crippen molar-refractivity contribution in [1.29, 1.82) is 0 Å². The van der Waals surface area contributed by atoms with Crippen LogP contribution in [0, 0.1) is 0 Å². The predicted octanol–water partition coefficient (Wildman–Crippen LogP) is 0.807. The van der Waals surface area contributed by atoms with Crippen molar-refractivity contribution in [2.75, 3.05) is 7.11 Å². The average molecular weight is 187 g/mol. The molecule has 6 nitrogen and oxygen atoms in total. The second-order valence-electron chi connectivity index (χ2n) is 2.87. The summed E-state index contributed by atoms with van der Waals surface area (Å²) < 4.78 is 10.2. The summed E-state index contributed by atoms with van der Waals surface area (Å²) in [4.78, 5) is 2.66. The van der Waals surface area contributed by atoms with Crippen molar-refractivity contribution < 1.29 is 14.6 Å². The highest BCUT2D eigenvalue weighted by Gasteiger charge is 2.42. The highest BCUT2D eigenvalue weighted by Crippen LogP contribution is 2.26. The number of aliphatic hydroxyl groups excluding tert-OH is 1. The summed E-state index contributed by atoms with van der Waals surface area (Å²) in [6.45, 7) is 1.90. The van der Waals surface area contributed by atoms with Crippen molar-refractivity contribution >= 4 is 0 Å². The van der Waals surface area contributed by atoms with E-state index in [1.807, 2.05) is 6.92 Å². The second kappa shape index (κ2) is 4.43. The normalized spacial score (nSPS) is 38.7. The van der Waals surface area contributed by atoms with E-state index >= 15 is 0 Å². The van der Waals surface area contributed by atoms with Crippen LogP contribution >= 0.6 is 0 Å². The van der Waals surface area contributed by atoms with Crippen LogP contribution < -0.4 is 0 Å². The monoisotopic (exact) mass is 187 g/mol. The first-order valence-electron chi connectivity index (χ1n) is 4.15. The highest BCUT2D eigenvalue weighted by atomic mass is 16.7. The summed E-state index contributed by atoms with van der Waals surface area (Å²) in [7, 11) is 1.44. The van der Waals surface area contributed by atoms with Gasteiger partial charge in [-0.05, 0) is 12.0 Å². The molecule has 0 spiro atoms. The van der Waals surface area contributed by atoms with Crippen LogP contribution in [-0.2, 0) is 9.47 Å². The number of methoxy groups -OCH3 is 1. The number of hydrogen-bond donors (Lipinski definition) is 1. The average Bonchev–Trinajstić information content (AvgIpc) is 2.45. The lowest BCUT2D eigenvalue weighted by molar-refractivity contribution is -0.148. The molecule has 1 saturated heterocycles. The van der Waals surface area contributed by atoms with E-state index in [4.69, 9.17) is 15.0 Å². The topological polar surface area (TPSA) is 87.5 Å². The predicted molar refractivity (Wildman–Crippen MR) is 44.9 cm³/mol. The zero-order valence-corrected chi connectivity index (χ0v) is 7.62. The molecule has 0 aliphatic carbocycles. The van der Waals surface area contributed by atoms with Crippen molar-refractivity contribution in [2.45, 2.75) is 37.9 Å². The van der Waals surface area contributed by atoms with Crippen LogP contribution in [0.4, 0.5) is 0 Å². The Balaban J connectivity index is 2.73. The van der Waals surface area contributed by atoms with Crippen LogP contribution in [0.15, 0.2) is 5.11 Å². The van der Waals surface area contributed by atoms with E-state index in [9.17, 15) is 5.11 Å². The molecule has 0 bridgehead atoms. The van der Waals surface area contributed by atoms with E-state index in [2.05, 4.69) is 10.0 Å². The Bertz CT molecular complexity index is 215. The summed E-state index contributed by atoms with van der Waals surface area (Å²) >= 11 is 0. The number of hydrogen-bond acceptors (Lipinski definition) is 4. The molecular weight excluding hydrogens is 174 g/mol. The van der Waals surface area contributed by atoms with Crippen LogP contribution in [0.25, 0.3) is 10.4 Å². The van der Waals surface area contributed by atoms with Crippen molar-refractivity contribution in [1.82, 2.24) is 0 Å². The van der Waals surface area contributed by atoms with Gasteiger partial charge in [-0.1, -0.05) is 12.0 Å². The van der Waals surface area contributed by atoms with Crippen molar-refractivity contribution in [3.63, 3.8) is 0 Å². The van der Waals surface area contributed by atoms with E-state index in [1.165, 1.54) is 7.11 Å². The maximum atomic E-state index is 9.57. The molecule has 1 heterocycles. The molecular formula is C7H13N3O3. The van der Waals surface area contributed by atoms with E-state index in [-0.39, 0.29) is 6.10 Å². The largest absolute Gasteiger partial charge is 0.387 e. The van der Waals surface area contributed by atoms with E-state index in [0.29, 0.717) is 6.42 Å². The molecule has 74 valence electrons. The van der Waals surface area contributed by atoms with Gasteiger partial charge in [-0.3, -0.25) is 0 Å². The fraction of sp³-hybridized carbons (Fsp3) is 1.00. The number of ether oxygens (including phenoxy) is 2. The Hall–Kier alpha value is -0.810. The van der Waals surface area contributed by atoms with E-state index in [0.717, 1.165) is 0 Å². The maximum absolute atomic E-state index is 9.57. The Morgan fingerprint density at radius 1 is 1.69 bits per heavy atom. The molecule has 0 unspecified atom stereocenters. The van der Waals surface area contributed by atoms with Gasteiger partial charge in [0.05, 0.1) is 12.1 Å². The molecule has 4 atom stereocenters. The molecule has 0 saturated carbocycles. The fourth-order valence-corrected chi connectivity index (χ4v) is 1.45. The number of azide groups is 1. The lowest BCUT2D eigenvalue weighted by Crippen LogP contribution is -2.31. The molecule has 0 aromatic rings. The standard InChI is InChI=1S/C7H13N3O3/c1-3-4-5(9-10-8)6(11)7(12-2)13-4/h4-7,11H,3H2,1-2H3/t4-,5-,6-,7-/m1/s1. The Morgan fingerprint density at radius 3 is 2.85 bits per heavy atom. The summed E-state index contributed by atoms with van der Waals surface area (Å²) in [6.07, 6.45) is -1.12. The molecule has 1 fully saturated rings. The van der Waals surface area contributed by atoms with Crippen LogP contribution in [0.5, 0.6) is 0 Å². The Labute approximate surface area is 76.1 Å². The first kappa shape index (κ1) is 10.3. The minimum atomic E-state index is -0.870. The van der Waals surface area contributed by atoms with Crippen LogP contribution in [0.1, 0.15) is 13.3 Å². The number of rotatable bonds is 3. The van der Waals surface area contributed by atoms with Crippen LogP contribution in [-0.4, -0.2) is 36.8 Å². The van der Waals surface area contributed by atoms with Gasteiger partial charge in [-0.25, -0.2) is 0 Å². The number of nitrogens with zero attached hydrogens (tertiary/aromatic N) is 3. The quantitative estimate of drug-likeness (QED) is 0.403. The molecule has 1 aliphatic rings. The van der Waals surface area contributed by atoms with Crippen molar-refractivity contribution in [2.24, 2.45) is 5.11 Å². The zero-order chi connectivity index (χ0) is 9.84. The Kier molecular flexibility index (Phi) is 3.50. The van der Waals surface area contributed by atoms with Gasteiger partial charge in [-0.2, -0.15) is 0 Å². The smallest absolute Gasteiger partial charge is 0.183 e. The second-order valence-corrected chi connectivity index (χ2v) is 2.87. The molecule has 13 heavy (non-hydrogen) atoms. The summed E-state index contributed by atoms with van der Waals surface area (Å²) in [6, 6.07) is -0.542. The first-order chi connectivity index (χ1) is 6.24. The first-order valence-corrected chi connectivity index (χ1v) is 4.15. The van der Waals surface area contributed by atoms with Gasteiger partial charge in [-0.15, -0.1) is 0 Å². The van der Waals surface area contributed by atoms with Gasteiger partial charge >= 0.3 is 0 Å². The van der Waals surface area contributed by atoms with Crippen molar-refractivity contribution in [3.8, 4) is 0 Å². The van der Waals surface area contributed by atoms with Crippen LogP contribution in [0.3, 0.4) is 0 Å². The van der Waals surface area contributed by atoms with E-state index < -0.39 is 18.4 Å². The molecule has 1 aliphatic heterocycles. The lowest BCUT2D eigenvalue weighted by atomic mass is 10.1. The van der Waals surface area contributed by atoms with Gasteiger partial charge in [0.1, 0.15) is 6.10 Å². The Morgan fingerprint density at radius 2 is 2.38 bits per heavy atom.